The summed E-state index contributed by atoms with van der Waals surface area (Å²) in [6.45, 7) is 24.0. The van der Waals surface area contributed by atoms with E-state index in [1.54, 1.807) is 12.1 Å². The number of hydrogen-bond acceptors (Lipinski definition) is 3. The quantitative estimate of drug-likeness (QED) is 0.169. The number of phenols is 1. The summed E-state index contributed by atoms with van der Waals surface area (Å²) in [4.78, 5) is 10.2. The molecule has 0 atom stereocenters. The van der Waals surface area contributed by atoms with Gasteiger partial charge in [-0.05, 0) is 109 Å². The first kappa shape index (κ1) is 42.4. The van der Waals surface area contributed by atoms with Gasteiger partial charge in [0.2, 0.25) is 0 Å². The first-order valence-corrected chi connectivity index (χ1v) is 22.0. The Labute approximate surface area is 400 Å². The second-order valence-electron chi connectivity index (χ2n) is 21.2. The number of hydrogen-bond donors (Lipinski definition) is 1. The number of aromatic hydroxyl groups is 1. The third-order valence-electron chi connectivity index (χ3n) is 12.2. The van der Waals surface area contributed by atoms with Gasteiger partial charge in [-0.3, -0.25) is 9.55 Å². The van der Waals surface area contributed by atoms with Crippen LogP contribution in [0.1, 0.15) is 115 Å². The van der Waals surface area contributed by atoms with E-state index < -0.39 is 6.85 Å². The molecule has 0 spiro atoms. The van der Waals surface area contributed by atoms with Gasteiger partial charge in [-0.15, -0.1) is 29.3 Å². The maximum Gasteiger partial charge on any atom is 0.148 e. The maximum atomic E-state index is 11.4. The minimum absolute atomic E-state index is 0. The number of phenolic OH excluding ortho intramolecular Hbond substituents is 1. The summed E-state index contributed by atoms with van der Waals surface area (Å²) in [5, 5.41) is 11.4. The molecule has 2 aromatic heterocycles. The van der Waals surface area contributed by atoms with E-state index in [-0.39, 0.29) is 54.0 Å². The Morgan fingerprint density at radius 1 is 0.531 bits per heavy atom. The van der Waals surface area contributed by atoms with Crippen LogP contribution < -0.4 is 0 Å². The number of para-hydroxylation sites is 2. The molecule has 0 saturated carbocycles. The fourth-order valence-corrected chi connectivity index (χ4v) is 8.18. The second kappa shape index (κ2) is 17.1. The van der Waals surface area contributed by atoms with Crippen molar-refractivity contribution in [2.24, 2.45) is 0 Å². The van der Waals surface area contributed by atoms with E-state index in [1.807, 2.05) is 65.4 Å². The number of imidazole rings is 1. The molecule has 0 radical (unpaired) electrons. The third kappa shape index (κ3) is 9.31. The molecule has 8 rings (SSSR count). The number of benzene rings is 6. The van der Waals surface area contributed by atoms with Crippen LogP contribution in [0.15, 0.2) is 134 Å². The average molecular weight is 1030 g/mol. The molecule has 0 unspecified atom stereocenters. The maximum absolute atomic E-state index is 11.4. The van der Waals surface area contributed by atoms with E-state index in [1.165, 1.54) is 16.7 Å². The zero-order valence-corrected chi connectivity index (χ0v) is 41.6. The van der Waals surface area contributed by atoms with Gasteiger partial charge in [-0.25, -0.2) is 4.98 Å². The number of fused-ring (bicyclic) bond motifs is 1. The van der Waals surface area contributed by atoms with Gasteiger partial charge in [0.1, 0.15) is 11.6 Å². The van der Waals surface area contributed by atoms with Gasteiger partial charge in [0, 0.05) is 37.1 Å². The van der Waals surface area contributed by atoms with E-state index in [2.05, 4.69) is 150 Å². The van der Waals surface area contributed by atoms with Gasteiger partial charge < -0.3 is 5.11 Å². The molecular formula is C59H62N3OPt-. The Hall–Kier alpha value is -5.57. The van der Waals surface area contributed by atoms with Crippen molar-refractivity contribution in [2.75, 3.05) is 0 Å². The van der Waals surface area contributed by atoms with Crippen molar-refractivity contribution in [3.63, 3.8) is 0 Å². The summed E-state index contributed by atoms with van der Waals surface area (Å²) in [6.07, 6.45) is 1.86. The SMILES string of the molecule is [2H]C([2H])([2H])c1cc(-c2cc(C(C)(C)C)cc(C(C)(C)C)c2)ccc1-n1c(-c2ccccc2O)nc2c(-c3[c-]c(-c4cc(-c5ccc(C(C)(C)C)cc5)ccn4)cc(C(C)(C)C)c3)cccc21.[Pt]. The fourth-order valence-electron chi connectivity index (χ4n) is 8.18. The monoisotopic (exact) mass is 1030 g/mol. The predicted molar refractivity (Wildman–Crippen MR) is 266 cm³/mol. The largest absolute Gasteiger partial charge is 0.507 e. The number of aromatic nitrogens is 3. The van der Waals surface area contributed by atoms with Crippen LogP contribution >= 0.6 is 0 Å². The topological polar surface area (TPSA) is 50.9 Å². The molecule has 330 valence electrons. The second-order valence-corrected chi connectivity index (χ2v) is 21.2. The first-order valence-electron chi connectivity index (χ1n) is 23.5. The Kier molecular flexibility index (Phi) is 11.3. The first-order chi connectivity index (χ1) is 30.8. The van der Waals surface area contributed by atoms with Gasteiger partial charge in [-0.2, -0.15) is 0 Å². The smallest absolute Gasteiger partial charge is 0.148 e. The fraction of sp³-hybridized carbons (Fsp3) is 0.288. The number of aryl methyl sites for hydroxylation is 1. The van der Waals surface area contributed by atoms with Gasteiger partial charge in [0.15, 0.2) is 0 Å². The molecule has 2 heterocycles. The molecule has 0 aliphatic heterocycles. The van der Waals surface area contributed by atoms with E-state index in [0.717, 1.165) is 50.2 Å². The normalized spacial score (nSPS) is 13.3. The van der Waals surface area contributed by atoms with Crippen molar-refractivity contribution in [3.05, 3.63) is 167 Å². The molecule has 5 heteroatoms. The summed E-state index contributed by atoms with van der Waals surface area (Å²) in [5.41, 5.74) is 14.1. The van der Waals surface area contributed by atoms with Crippen molar-refractivity contribution in [2.45, 2.75) is 112 Å². The van der Waals surface area contributed by atoms with Gasteiger partial charge >= 0.3 is 0 Å². The van der Waals surface area contributed by atoms with E-state index in [9.17, 15) is 5.11 Å². The van der Waals surface area contributed by atoms with Crippen LogP contribution in [0.2, 0.25) is 0 Å². The standard InChI is InChI=1S/C59H62N3O.Pt/c1-37-29-39(41-31-46(58(8,9)10)36-47(32-41)59(11,12)13)23-26-51(37)62-52-19-16-18-48(54(52)61-55(62)49-17-14-15-20-53(49)63)42-30-43(34-45(33-42)57(5,6)7)50-35-40(27-28-60-50)38-21-24-44(25-22-38)56(2,3)4;/h14-29,31-36,63H,1-13H3;/q-1;/i1D3;. The van der Waals surface area contributed by atoms with Crippen LogP contribution in [0, 0.1) is 12.9 Å². The van der Waals surface area contributed by atoms with Crippen LogP contribution in [0.4, 0.5) is 0 Å². The van der Waals surface area contributed by atoms with Gasteiger partial charge in [-0.1, -0.05) is 173 Å². The van der Waals surface area contributed by atoms with Crippen LogP contribution in [0.3, 0.4) is 0 Å². The number of rotatable bonds is 6. The molecule has 0 aliphatic carbocycles. The molecule has 6 aromatic carbocycles. The molecule has 0 saturated heterocycles. The molecule has 1 N–H and O–H groups in total. The zero-order chi connectivity index (χ0) is 47.7. The van der Waals surface area contributed by atoms with Crippen molar-refractivity contribution in [1.29, 1.82) is 0 Å². The predicted octanol–water partition coefficient (Wildman–Crippen LogP) is 15.8. The minimum Gasteiger partial charge on any atom is -0.507 e. The Morgan fingerprint density at radius 2 is 1.11 bits per heavy atom. The number of nitrogens with zero attached hydrogens (tertiary/aromatic N) is 3. The van der Waals surface area contributed by atoms with Crippen molar-refractivity contribution in [3.8, 4) is 67.5 Å². The van der Waals surface area contributed by atoms with Crippen molar-refractivity contribution >= 4 is 11.0 Å². The molecule has 0 bridgehead atoms. The molecule has 0 aliphatic rings. The Morgan fingerprint density at radius 3 is 1.73 bits per heavy atom. The molecule has 0 fully saturated rings. The summed E-state index contributed by atoms with van der Waals surface area (Å²) in [6, 6.07) is 46.5. The molecule has 8 aromatic rings. The van der Waals surface area contributed by atoms with Gasteiger partial charge in [0.05, 0.1) is 22.3 Å². The molecule has 4 nitrogen and oxygen atoms in total. The molecular weight excluding hydrogens is 962 g/mol. The number of pyridine rings is 1. The summed E-state index contributed by atoms with van der Waals surface area (Å²) < 4.78 is 28.9. The van der Waals surface area contributed by atoms with Crippen LogP contribution in [-0.4, -0.2) is 19.6 Å². The summed E-state index contributed by atoms with van der Waals surface area (Å²) in [7, 11) is 0. The van der Waals surface area contributed by atoms with Crippen molar-refractivity contribution < 1.29 is 30.3 Å². The van der Waals surface area contributed by atoms with E-state index >= 15 is 0 Å². The van der Waals surface area contributed by atoms with Crippen molar-refractivity contribution in [1.82, 2.24) is 14.5 Å². The van der Waals surface area contributed by atoms with Crippen LogP contribution in [0.25, 0.3) is 72.7 Å². The van der Waals surface area contributed by atoms with E-state index in [0.29, 0.717) is 28.1 Å². The Balaban J connectivity index is 0.00000666. The van der Waals surface area contributed by atoms with E-state index in [4.69, 9.17) is 14.1 Å². The minimum atomic E-state index is -2.50. The van der Waals surface area contributed by atoms with Gasteiger partial charge in [0.25, 0.3) is 0 Å². The molecule has 64 heavy (non-hydrogen) atoms. The Bertz CT molecular complexity index is 3080. The zero-order valence-electron chi connectivity index (χ0n) is 42.3. The van der Waals surface area contributed by atoms with Crippen LogP contribution in [0.5, 0.6) is 5.75 Å². The summed E-state index contributed by atoms with van der Waals surface area (Å²) >= 11 is 0. The van der Waals surface area contributed by atoms with Crippen LogP contribution in [-0.2, 0) is 42.7 Å². The summed E-state index contributed by atoms with van der Waals surface area (Å²) in [5.74, 6) is 0.469. The third-order valence-corrected chi connectivity index (χ3v) is 12.2. The average Bonchev–Trinajstić information content (AvgIpc) is 3.64. The molecule has 0 amide bonds.